The van der Waals surface area contributed by atoms with Crippen LogP contribution in [0, 0.1) is 17.6 Å². The maximum Gasteiger partial charge on any atom is 0.305 e. The third kappa shape index (κ3) is 11.7. The van der Waals surface area contributed by atoms with Gasteiger partial charge in [-0.05, 0) is 19.3 Å². The molecule has 0 unspecified atom stereocenters. The second kappa shape index (κ2) is 14.7. The van der Waals surface area contributed by atoms with Gasteiger partial charge >= 0.3 is 17.9 Å². The van der Waals surface area contributed by atoms with Crippen molar-refractivity contribution in [3.8, 4) is 12.2 Å². The molecule has 0 radical (unpaired) electrons. The predicted octanol–water partition coefficient (Wildman–Crippen LogP) is 2.31. The number of rotatable bonds is 14. The molecule has 1 N–H and O–H groups in total. The lowest BCUT2D eigenvalue weighted by molar-refractivity contribution is -0.165. The Kier molecular flexibility index (Phi) is 13.4. The van der Waals surface area contributed by atoms with Gasteiger partial charge < -0.3 is 24.1 Å². The minimum absolute atomic E-state index is 0.168. The van der Waals surface area contributed by atoms with Crippen LogP contribution in [0.15, 0.2) is 0 Å². The van der Waals surface area contributed by atoms with Crippen molar-refractivity contribution in [3.63, 3.8) is 0 Å². The van der Waals surface area contributed by atoms with Gasteiger partial charge in [-0.1, -0.05) is 20.8 Å². The molecule has 0 aliphatic heterocycles. The fourth-order valence-electron chi connectivity index (χ4n) is 2.00. The Morgan fingerprint density at radius 1 is 0.741 bits per heavy atom. The van der Waals surface area contributed by atoms with Gasteiger partial charge in [0, 0.05) is 19.3 Å². The number of hydrogen-bond donors (Lipinski definition) is 1. The smallest absolute Gasteiger partial charge is 0.305 e. The molecule has 0 amide bonds. The Balaban J connectivity index is 5.23. The minimum atomic E-state index is -1.12. The number of ether oxygens (including phenoxy) is 4. The fourth-order valence-corrected chi connectivity index (χ4v) is 2.00. The second-order valence-electron chi connectivity index (χ2n) is 6.23. The second-order valence-corrected chi connectivity index (χ2v) is 6.23. The van der Waals surface area contributed by atoms with Crippen LogP contribution in [0.4, 0.5) is 0 Å². The van der Waals surface area contributed by atoms with E-state index in [-0.39, 0.29) is 45.7 Å². The van der Waals surface area contributed by atoms with E-state index >= 15 is 0 Å². The van der Waals surface area contributed by atoms with E-state index < -0.39 is 23.3 Å². The Bertz CT molecular complexity index is 462. The molecule has 8 heteroatoms. The summed E-state index contributed by atoms with van der Waals surface area (Å²) >= 11 is 0. The van der Waals surface area contributed by atoms with Crippen molar-refractivity contribution in [3.05, 3.63) is 0 Å². The normalized spacial score (nSPS) is 10.3. The molecule has 0 aliphatic carbocycles. The van der Waals surface area contributed by atoms with E-state index in [1.54, 1.807) is 6.11 Å². The van der Waals surface area contributed by atoms with Gasteiger partial charge in [0.1, 0.15) is 31.8 Å². The van der Waals surface area contributed by atoms with Crippen molar-refractivity contribution < 1.29 is 38.4 Å². The standard InChI is InChI=1S/C19H30O8/c1-4-7-16(21)25-13-19(12-24-11-10-20,14-26-17(22)8-5-2)15-27-18(23)9-6-3/h20H,4-9,12-15H2,1-3H3. The summed E-state index contributed by atoms with van der Waals surface area (Å²) in [5.41, 5.74) is -1.12. The van der Waals surface area contributed by atoms with Crippen LogP contribution in [0.2, 0.25) is 0 Å². The molecule has 0 spiro atoms. The summed E-state index contributed by atoms with van der Waals surface area (Å²) in [6.07, 6.45) is 6.19. The maximum absolute atomic E-state index is 11.8. The Morgan fingerprint density at radius 2 is 1.11 bits per heavy atom. The monoisotopic (exact) mass is 386 g/mol. The number of hydrogen-bond acceptors (Lipinski definition) is 8. The number of carbonyl (C=O) groups is 3. The molecule has 0 aliphatic rings. The van der Waals surface area contributed by atoms with Crippen molar-refractivity contribution >= 4 is 17.9 Å². The van der Waals surface area contributed by atoms with Crippen LogP contribution in [0.1, 0.15) is 59.3 Å². The van der Waals surface area contributed by atoms with Gasteiger partial charge in [0.2, 0.25) is 0 Å². The van der Waals surface area contributed by atoms with Gasteiger partial charge in [0.15, 0.2) is 12.2 Å². The summed E-state index contributed by atoms with van der Waals surface area (Å²) in [6.45, 7) is 4.81. The first kappa shape index (κ1) is 24.6. The Labute approximate surface area is 160 Å². The summed E-state index contributed by atoms with van der Waals surface area (Å²) in [5.74, 6) is -1.26. The largest absolute Gasteiger partial charge is 0.465 e. The summed E-state index contributed by atoms with van der Waals surface area (Å²) < 4.78 is 20.8. The van der Waals surface area contributed by atoms with Gasteiger partial charge in [-0.15, -0.1) is 0 Å². The summed E-state index contributed by atoms with van der Waals surface area (Å²) in [5, 5.41) is 8.59. The molecule has 8 nitrogen and oxygen atoms in total. The van der Waals surface area contributed by atoms with Crippen LogP contribution in [0.3, 0.4) is 0 Å². The van der Waals surface area contributed by atoms with E-state index in [2.05, 4.69) is 0 Å². The first-order chi connectivity index (χ1) is 12.9. The predicted molar refractivity (Wildman–Crippen MR) is 95.7 cm³/mol. The van der Waals surface area contributed by atoms with E-state index in [0.717, 1.165) is 0 Å². The molecule has 27 heavy (non-hydrogen) atoms. The fraction of sp³-hybridized carbons (Fsp3) is 0.737. The lowest BCUT2D eigenvalue weighted by Gasteiger charge is -2.30. The van der Waals surface area contributed by atoms with Gasteiger partial charge in [-0.2, -0.15) is 0 Å². The third-order valence-corrected chi connectivity index (χ3v) is 3.48. The van der Waals surface area contributed by atoms with E-state index in [1.807, 2.05) is 26.9 Å². The van der Waals surface area contributed by atoms with E-state index in [1.165, 1.54) is 0 Å². The van der Waals surface area contributed by atoms with Crippen LogP contribution < -0.4 is 0 Å². The zero-order valence-electron chi connectivity index (χ0n) is 16.4. The lowest BCUT2D eigenvalue weighted by Crippen LogP contribution is -2.43. The van der Waals surface area contributed by atoms with Gasteiger partial charge in [-0.25, -0.2) is 0 Å². The van der Waals surface area contributed by atoms with E-state index in [9.17, 15) is 14.4 Å². The van der Waals surface area contributed by atoms with Gasteiger partial charge in [0.05, 0.1) is 0 Å². The van der Waals surface area contributed by atoms with Crippen molar-refractivity contribution in [1.82, 2.24) is 0 Å². The molecule has 0 atom stereocenters. The number of aliphatic hydroxyl groups excluding tert-OH is 1. The third-order valence-electron chi connectivity index (χ3n) is 3.48. The molecule has 0 saturated heterocycles. The highest BCUT2D eigenvalue weighted by Gasteiger charge is 2.37. The highest BCUT2D eigenvalue weighted by Crippen LogP contribution is 2.22. The van der Waals surface area contributed by atoms with Crippen molar-refractivity contribution in [2.75, 3.05) is 26.4 Å². The molecule has 0 bridgehead atoms. The first-order valence-electron chi connectivity index (χ1n) is 9.15. The summed E-state index contributed by atoms with van der Waals surface area (Å²) in [7, 11) is 0. The number of esters is 3. The molecular formula is C19H30O8. The number of carbonyl (C=O) groups excluding carboxylic acids is 3. The molecule has 0 aromatic carbocycles. The highest BCUT2D eigenvalue weighted by molar-refractivity contribution is 5.70. The van der Waals surface area contributed by atoms with Gasteiger partial charge in [-0.3, -0.25) is 14.4 Å². The van der Waals surface area contributed by atoms with Crippen LogP contribution in [0.5, 0.6) is 0 Å². The molecule has 0 rings (SSSR count). The molecule has 0 aromatic heterocycles. The SMILES string of the molecule is CCCC(=O)OCC(COC#CO)(COC(=O)CCC)COC(=O)CCC. The molecule has 154 valence electrons. The Hall–Kier alpha value is -2.43. The van der Waals surface area contributed by atoms with Crippen molar-refractivity contribution in [2.24, 2.45) is 5.41 Å². The molecular weight excluding hydrogens is 356 g/mol. The summed E-state index contributed by atoms with van der Waals surface area (Å²) in [4.78, 5) is 35.3. The van der Waals surface area contributed by atoms with Crippen molar-refractivity contribution in [2.45, 2.75) is 59.3 Å². The van der Waals surface area contributed by atoms with E-state index in [0.29, 0.717) is 19.3 Å². The topological polar surface area (TPSA) is 108 Å². The van der Waals surface area contributed by atoms with Crippen LogP contribution in [-0.4, -0.2) is 49.4 Å². The molecule has 0 aromatic rings. The molecule has 0 heterocycles. The average Bonchev–Trinajstić information content (AvgIpc) is 2.63. The van der Waals surface area contributed by atoms with Crippen LogP contribution in [0.25, 0.3) is 0 Å². The quantitative estimate of drug-likeness (QED) is 0.275. The van der Waals surface area contributed by atoms with Crippen LogP contribution >= 0.6 is 0 Å². The maximum atomic E-state index is 11.8. The van der Waals surface area contributed by atoms with Crippen molar-refractivity contribution in [1.29, 1.82) is 0 Å². The highest BCUT2D eigenvalue weighted by atomic mass is 16.6. The Morgan fingerprint density at radius 3 is 1.41 bits per heavy atom. The zero-order valence-corrected chi connectivity index (χ0v) is 16.4. The lowest BCUT2D eigenvalue weighted by atomic mass is 9.92. The zero-order chi connectivity index (χ0) is 20.5. The molecule has 0 saturated carbocycles. The van der Waals surface area contributed by atoms with E-state index in [4.69, 9.17) is 24.1 Å². The number of aliphatic hydroxyl groups is 1. The minimum Gasteiger partial charge on any atom is -0.465 e. The van der Waals surface area contributed by atoms with Gasteiger partial charge in [0.25, 0.3) is 0 Å². The first-order valence-corrected chi connectivity index (χ1v) is 9.15. The van der Waals surface area contributed by atoms with Crippen LogP contribution in [-0.2, 0) is 33.3 Å². The molecule has 0 fully saturated rings. The average molecular weight is 386 g/mol. The summed E-state index contributed by atoms with van der Waals surface area (Å²) in [6, 6.07) is 0.